The molecule has 0 unspecified atom stereocenters. The van der Waals surface area contributed by atoms with Gasteiger partial charge in [0.15, 0.2) is 0 Å². The number of fused-ring (bicyclic) bond motifs is 1. The van der Waals surface area contributed by atoms with Crippen molar-refractivity contribution >= 4 is 17.3 Å². The van der Waals surface area contributed by atoms with Crippen LogP contribution in [0, 0.1) is 0 Å². The minimum atomic E-state index is -0.196. The molecule has 0 saturated carbocycles. The van der Waals surface area contributed by atoms with E-state index in [0.29, 0.717) is 6.61 Å². The van der Waals surface area contributed by atoms with E-state index in [1.54, 1.807) is 11.3 Å². The predicted molar refractivity (Wildman–Crippen MR) is 71.9 cm³/mol. The van der Waals surface area contributed by atoms with Crippen LogP contribution in [0.5, 0.6) is 0 Å². The lowest BCUT2D eigenvalue weighted by molar-refractivity contribution is 0.0478. The summed E-state index contributed by atoms with van der Waals surface area (Å²) in [6.45, 7) is 0.349. The Morgan fingerprint density at radius 3 is 2.83 bits per heavy atom. The van der Waals surface area contributed by atoms with Gasteiger partial charge in [0.1, 0.15) is 11.5 Å². The van der Waals surface area contributed by atoms with Crippen LogP contribution in [0.4, 0.5) is 0 Å². The Balaban J connectivity index is 1.64. The van der Waals surface area contributed by atoms with Crippen LogP contribution in [-0.2, 0) is 24.2 Å². The van der Waals surface area contributed by atoms with E-state index in [1.165, 1.54) is 16.9 Å². The fourth-order valence-electron chi connectivity index (χ4n) is 2.22. The molecule has 0 atom stereocenters. The van der Waals surface area contributed by atoms with Crippen LogP contribution in [0.15, 0.2) is 36.4 Å². The standard InChI is InChI=1S/C15H14O2S/c16-15(17-10-11-5-2-1-3-6-11)14-9-12-7-4-8-13(12)18-14/h1-3,5-6,9H,4,7-8,10H2. The molecule has 1 aliphatic rings. The first-order valence-electron chi connectivity index (χ1n) is 6.15. The molecule has 1 aromatic heterocycles. The highest BCUT2D eigenvalue weighted by Crippen LogP contribution is 2.31. The molecular formula is C15H14O2S. The van der Waals surface area contributed by atoms with E-state index in [4.69, 9.17) is 4.74 Å². The van der Waals surface area contributed by atoms with Crippen LogP contribution in [0.1, 0.15) is 32.1 Å². The maximum absolute atomic E-state index is 11.9. The van der Waals surface area contributed by atoms with Gasteiger partial charge in [-0.15, -0.1) is 11.3 Å². The molecule has 0 spiro atoms. The topological polar surface area (TPSA) is 26.3 Å². The largest absolute Gasteiger partial charge is 0.457 e. The van der Waals surface area contributed by atoms with Crippen molar-refractivity contribution in [2.45, 2.75) is 25.9 Å². The Kier molecular flexibility index (Phi) is 3.15. The van der Waals surface area contributed by atoms with Gasteiger partial charge in [-0.2, -0.15) is 0 Å². The first-order chi connectivity index (χ1) is 8.83. The van der Waals surface area contributed by atoms with Gasteiger partial charge in [-0.25, -0.2) is 4.79 Å². The number of esters is 1. The molecule has 0 bridgehead atoms. The molecule has 92 valence electrons. The zero-order valence-electron chi connectivity index (χ0n) is 10.0. The van der Waals surface area contributed by atoms with Crippen molar-refractivity contribution in [2.24, 2.45) is 0 Å². The highest BCUT2D eigenvalue weighted by atomic mass is 32.1. The predicted octanol–water partition coefficient (Wildman–Crippen LogP) is 3.59. The van der Waals surface area contributed by atoms with Gasteiger partial charge in [0, 0.05) is 4.88 Å². The molecule has 3 rings (SSSR count). The molecule has 3 heteroatoms. The zero-order chi connectivity index (χ0) is 12.4. The first-order valence-corrected chi connectivity index (χ1v) is 6.97. The highest BCUT2D eigenvalue weighted by Gasteiger charge is 2.19. The molecule has 0 radical (unpaired) electrons. The first kappa shape index (κ1) is 11.5. The summed E-state index contributed by atoms with van der Waals surface area (Å²) in [5, 5.41) is 0. The molecular weight excluding hydrogens is 244 g/mol. The van der Waals surface area contributed by atoms with E-state index in [0.717, 1.165) is 23.3 Å². The minimum absolute atomic E-state index is 0.196. The highest BCUT2D eigenvalue weighted by molar-refractivity contribution is 7.14. The van der Waals surface area contributed by atoms with E-state index in [1.807, 2.05) is 36.4 Å². The third-order valence-corrected chi connectivity index (χ3v) is 4.38. The Morgan fingerprint density at radius 2 is 2.06 bits per heavy atom. The van der Waals surface area contributed by atoms with Gasteiger partial charge in [-0.05, 0) is 36.5 Å². The Bertz CT molecular complexity index is 536. The summed E-state index contributed by atoms with van der Waals surface area (Å²) in [7, 11) is 0. The Labute approximate surface area is 110 Å². The van der Waals surface area contributed by atoms with Crippen molar-refractivity contribution in [3.63, 3.8) is 0 Å². The van der Waals surface area contributed by atoms with Crippen molar-refractivity contribution in [3.05, 3.63) is 57.3 Å². The zero-order valence-corrected chi connectivity index (χ0v) is 10.8. The number of rotatable bonds is 3. The molecule has 1 aliphatic carbocycles. The SMILES string of the molecule is O=C(OCc1ccccc1)c1cc2c(s1)CCC2. The van der Waals surface area contributed by atoms with Crippen LogP contribution in [0.2, 0.25) is 0 Å². The van der Waals surface area contributed by atoms with E-state index in [9.17, 15) is 4.79 Å². The molecule has 0 fully saturated rings. The average molecular weight is 258 g/mol. The number of hydrogen-bond donors (Lipinski definition) is 0. The molecule has 0 amide bonds. The van der Waals surface area contributed by atoms with Gasteiger partial charge >= 0.3 is 5.97 Å². The van der Waals surface area contributed by atoms with E-state index < -0.39 is 0 Å². The second kappa shape index (κ2) is 4.94. The van der Waals surface area contributed by atoms with Crippen molar-refractivity contribution in [2.75, 3.05) is 0 Å². The van der Waals surface area contributed by atoms with Gasteiger partial charge in [-0.1, -0.05) is 30.3 Å². The summed E-state index contributed by atoms with van der Waals surface area (Å²) in [6, 6.07) is 11.8. The molecule has 2 nitrogen and oxygen atoms in total. The number of benzene rings is 1. The van der Waals surface area contributed by atoms with Crippen LogP contribution in [0.3, 0.4) is 0 Å². The molecule has 0 saturated heterocycles. The normalized spacial score (nSPS) is 13.3. The van der Waals surface area contributed by atoms with Gasteiger partial charge in [0.25, 0.3) is 0 Å². The number of ether oxygens (including phenoxy) is 1. The molecule has 2 aromatic rings. The summed E-state index contributed by atoms with van der Waals surface area (Å²) < 4.78 is 5.32. The molecule has 1 heterocycles. The van der Waals surface area contributed by atoms with E-state index in [2.05, 4.69) is 0 Å². The summed E-state index contributed by atoms with van der Waals surface area (Å²) in [6.07, 6.45) is 3.45. The average Bonchev–Trinajstić information content (AvgIpc) is 2.98. The minimum Gasteiger partial charge on any atom is -0.457 e. The fraction of sp³-hybridized carbons (Fsp3) is 0.267. The maximum atomic E-state index is 11.9. The third kappa shape index (κ3) is 2.31. The lowest BCUT2D eigenvalue weighted by atomic mass is 10.2. The van der Waals surface area contributed by atoms with E-state index >= 15 is 0 Å². The number of thiophene rings is 1. The van der Waals surface area contributed by atoms with Gasteiger partial charge < -0.3 is 4.74 Å². The van der Waals surface area contributed by atoms with Crippen molar-refractivity contribution < 1.29 is 9.53 Å². The second-order valence-corrected chi connectivity index (χ2v) is 5.61. The van der Waals surface area contributed by atoms with Crippen molar-refractivity contribution in [1.29, 1.82) is 0 Å². The van der Waals surface area contributed by atoms with Gasteiger partial charge in [0.2, 0.25) is 0 Å². The van der Waals surface area contributed by atoms with E-state index in [-0.39, 0.29) is 5.97 Å². The molecule has 1 aromatic carbocycles. The van der Waals surface area contributed by atoms with Crippen LogP contribution < -0.4 is 0 Å². The summed E-state index contributed by atoms with van der Waals surface area (Å²) in [4.78, 5) is 14.0. The maximum Gasteiger partial charge on any atom is 0.348 e. The summed E-state index contributed by atoms with van der Waals surface area (Å²) >= 11 is 1.59. The number of aryl methyl sites for hydroxylation is 2. The second-order valence-electron chi connectivity index (χ2n) is 4.47. The van der Waals surface area contributed by atoms with Gasteiger partial charge in [0.05, 0.1) is 0 Å². The number of carbonyl (C=O) groups excluding carboxylic acids is 1. The lowest BCUT2D eigenvalue weighted by Gasteiger charge is -2.03. The Hall–Kier alpha value is -1.61. The molecule has 0 N–H and O–H groups in total. The smallest absolute Gasteiger partial charge is 0.348 e. The monoisotopic (exact) mass is 258 g/mol. The van der Waals surface area contributed by atoms with Crippen LogP contribution in [-0.4, -0.2) is 5.97 Å². The van der Waals surface area contributed by atoms with Crippen LogP contribution >= 0.6 is 11.3 Å². The lowest BCUT2D eigenvalue weighted by Crippen LogP contribution is -2.03. The van der Waals surface area contributed by atoms with Crippen molar-refractivity contribution in [3.8, 4) is 0 Å². The van der Waals surface area contributed by atoms with Gasteiger partial charge in [-0.3, -0.25) is 0 Å². The quantitative estimate of drug-likeness (QED) is 0.786. The number of carbonyl (C=O) groups is 1. The Morgan fingerprint density at radius 1 is 1.22 bits per heavy atom. The van der Waals surface area contributed by atoms with Crippen molar-refractivity contribution in [1.82, 2.24) is 0 Å². The van der Waals surface area contributed by atoms with Crippen LogP contribution in [0.25, 0.3) is 0 Å². The summed E-state index contributed by atoms with van der Waals surface area (Å²) in [5.74, 6) is -0.196. The third-order valence-electron chi connectivity index (χ3n) is 3.16. The molecule has 18 heavy (non-hydrogen) atoms. The fourth-order valence-corrected chi connectivity index (χ4v) is 3.37. The molecule has 0 aliphatic heterocycles. The number of hydrogen-bond acceptors (Lipinski definition) is 3. The summed E-state index contributed by atoms with van der Waals surface area (Å²) in [5.41, 5.74) is 2.36.